The van der Waals surface area contributed by atoms with E-state index >= 15 is 0 Å². The molecule has 1 atom stereocenters. The molecule has 25 heavy (non-hydrogen) atoms. The van der Waals surface area contributed by atoms with Crippen molar-refractivity contribution in [2.24, 2.45) is 0 Å². The molecule has 1 aromatic heterocycles. The zero-order chi connectivity index (χ0) is 17.8. The second kappa shape index (κ2) is 7.53. The summed E-state index contributed by atoms with van der Waals surface area (Å²) in [5, 5.41) is 0. The molecule has 0 radical (unpaired) electrons. The van der Waals surface area contributed by atoms with Gasteiger partial charge in [0.1, 0.15) is 11.4 Å². The van der Waals surface area contributed by atoms with Crippen LogP contribution in [0.2, 0.25) is 0 Å². The van der Waals surface area contributed by atoms with Crippen molar-refractivity contribution in [3.05, 3.63) is 64.1 Å². The number of hydrogen-bond donors (Lipinski definition) is 1. The fourth-order valence-corrected chi connectivity index (χ4v) is 3.26. The Morgan fingerprint density at radius 2 is 1.80 bits per heavy atom. The number of para-hydroxylation sites is 1. The molecule has 0 spiro atoms. The van der Waals surface area contributed by atoms with Gasteiger partial charge in [-0.3, -0.25) is 14.5 Å². The molecule has 1 aliphatic rings. The average Bonchev–Trinajstić information content (AvgIpc) is 2.67. The van der Waals surface area contributed by atoms with E-state index in [0.29, 0.717) is 18.8 Å². The third kappa shape index (κ3) is 3.74. The topological polar surface area (TPSA) is 65.6 Å². The average molecular weight is 341 g/mol. The molecule has 1 fully saturated rings. The Balaban J connectivity index is 1.65. The van der Waals surface area contributed by atoms with E-state index in [2.05, 4.69) is 22.9 Å². The molecule has 2 aromatic rings. The normalized spacial score (nSPS) is 16.5. The van der Waals surface area contributed by atoms with Crippen molar-refractivity contribution in [1.82, 2.24) is 14.8 Å². The summed E-state index contributed by atoms with van der Waals surface area (Å²) in [6.45, 7) is 4.98. The third-order valence-electron chi connectivity index (χ3n) is 4.74. The number of benzene rings is 1. The highest BCUT2D eigenvalue weighted by molar-refractivity contribution is 5.92. The van der Waals surface area contributed by atoms with Crippen LogP contribution < -0.4 is 10.3 Å². The SMILES string of the molecule is COc1ccccc1C(C)N1CCN(C(=O)c2cccc(=O)[nH]2)CC1. The number of carbonyl (C=O) groups excluding carboxylic acids is 1. The maximum absolute atomic E-state index is 12.5. The molecule has 1 unspecified atom stereocenters. The van der Waals surface area contributed by atoms with E-state index in [4.69, 9.17) is 4.74 Å². The van der Waals surface area contributed by atoms with E-state index in [-0.39, 0.29) is 17.5 Å². The summed E-state index contributed by atoms with van der Waals surface area (Å²) < 4.78 is 5.46. The van der Waals surface area contributed by atoms with Gasteiger partial charge in [0, 0.05) is 43.9 Å². The lowest BCUT2D eigenvalue weighted by Gasteiger charge is -2.38. The summed E-state index contributed by atoms with van der Waals surface area (Å²) in [7, 11) is 1.68. The van der Waals surface area contributed by atoms with Gasteiger partial charge in [-0.15, -0.1) is 0 Å². The number of nitrogens with one attached hydrogen (secondary N) is 1. The van der Waals surface area contributed by atoms with Gasteiger partial charge in [-0.05, 0) is 19.1 Å². The smallest absolute Gasteiger partial charge is 0.270 e. The van der Waals surface area contributed by atoms with Gasteiger partial charge in [-0.2, -0.15) is 0 Å². The predicted octanol–water partition coefficient (Wildman–Crippen LogP) is 1.90. The van der Waals surface area contributed by atoms with E-state index in [1.807, 2.05) is 18.2 Å². The van der Waals surface area contributed by atoms with Gasteiger partial charge in [0.15, 0.2) is 0 Å². The number of ether oxygens (including phenoxy) is 1. The van der Waals surface area contributed by atoms with Crippen molar-refractivity contribution in [2.45, 2.75) is 13.0 Å². The minimum atomic E-state index is -0.255. The molecule has 1 N–H and O–H groups in total. The summed E-state index contributed by atoms with van der Waals surface area (Å²) >= 11 is 0. The van der Waals surface area contributed by atoms with Gasteiger partial charge in [-0.1, -0.05) is 24.3 Å². The standard InChI is InChI=1S/C19H23N3O3/c1-14(15-6-3-4-8-17(15)25-2)21-10-12-22(13-11-21)19(24)16-7-5-9-18(23)20-16/h3-9,14H,10-13H2,1-2H3,(H,20,23). The number of aromatic amines is 1. The van der Waals surface area contributed by atoms with E-state index in [0.717, 1.165) is 24.4 Å². The van der Waals surface area contributed by atoms with Gasteiger partial charge in [0.05, 0.1) is 7.11 Å². The van der Waals surface area contributed by atoms with Gasteiger partial charge in [-0.25, -0.2) is 0 Å². The number of nitrogens with zero attached hydrogens (tertiary/aromatic N) is 2. The third-order valence-corrected chi connectivity index (χ3v) is 4.74. The minimum Gasteiger partial charge on any atom is -0.496 e. The Hall–Kier alpha value is -2.60. The monoisotopic (exact) mass is 341 g/mol. The Bertz CT molecular complexity index is 794. The molecule has 3 rings (SSSR count). The molecule has 2 heterocycles. The predicted molar refractivity (Wildman–Crippen MR) is 95.9 cm³/mol. The molecule has 1 amide bonds. The van der Waals surface area contributed by atoms with Crippen LogP contribution in [0.15, 0.2) is 47.3 Å². The maximum atomic E-state index is 12.5. The lowest BCUT2D eigenvalue weighted by atomic mass is 10.0. The van der Waals surface area contributed by atoms with Crippen molar-refractivity contribution in [3.8, 4) is 5.75 Å². The van der Waals surface area contributed by atoms with Gasteiger partial charge in [0.2, 0.25) is 5.56 Å². The van der Waals surface area contributed by atoms with Crippen molar-refractivity contribution in [3.63, 3.8) is 0 Å². The van der Waals surface area contributed by atoms with Gasteiger partial charge in [0.25, 0.3) is 5.91 Å². The first kappa shape index (κ1) is 17.2. The molecule has 0 aliphatic carbocycles. The summed E-state index contributed by atoms with van der Waals surface area (Å²) in [4.78, 5) is 30.6. The van der Waals surface area contributed by atoms with Crippen LogP contribution >= 0.6 is 0 Å². The Morgan fingerprint density at radius 1 is 1.08 bits per heavy atom. The number of H-pyrrole nitrogens is 1. The number of methoxy groups -OCH3 is 1. The van der Waals surface area contributed by atoms with E-state index < -0.39 is 0 Å². The lowest BCUT2D eigenvalue weighted by molar-refractivity contribution is 0.0574. The first-order valence-corrected chi connectivity index (χ1v) is 8.45. The van der Waals surface area contributed by atoms with Gasteiger partial charge >= 0.3 is 0 Å². The van der Waals surface area contributed by atoms with Crippen LogP contribution in [0.1, 0.15) is 29.0 Å². The van der Waals surface area contributed by atoms with Crippen LogP contribution in [-0.2, 0) is 0 Å². The Morgan fingerprint density at radius 3 is 2.48 bits per heavy atom. The molecule has 1 aliphatic heterocycles. The first-order valence-electron chi connectivity index (χ1n) is 8.45. The second-order valence-electron chi connectivity index (χ2n) is 6.17. The summed E-state index contributed by atoms with van der Waals surface area (Å²) in [5.74, 6) is 0.762. The second-order valence-corrected chi connectivity index (χ2v) is 6.17. The van der Waals surface area contributed by atoms with Crippen LogP contribution in [-0.4, -0.2) is 54.0 Å². The fourth-order valence-electron chi connectivity index (χ4n) is 3.26. The largest absolute Gasteiger partial charge is 0.496 e. The number of rotatable bonds is 4. The molecule has 6 heteroatoms. The number of piperazine rings is 1. The molecular formula is C19H23N3O3. The zero-order valence-electron chi connectivity index (χ0n) is 14.6. The van der Waals surface area contributed by atoms with Crippen LogP contribution in [0, 0.1) is 0 Å². The van der Waals surface area contributed by atoms with Crippen LogP contribution in [0.5, 0.6) is 5.75 Å². The highest BCUT2D eigenvalue weighted by Gasteiger charge is 2.26. The summed E-state index contributed by atoms with van der Waals surface area (Å²) in [6, 6.07) is 12.9. The maximum Gasteiger partial charge on any atom is 0.270 e. The van der Waals surface area contributed by atoms with Gasteiger partial charge < -0.3 is 14.6 Å². The zero-order valence-corrected chi connectivity index (χ0v) is 14.6. The molecule has 0 saturated carbocycles. The molecule has 6 nitrogen and oxygen atoms in total. The highest BCUT2D eigenvalue weighted by Crippen LogP contribution is 2.29. The number of pyridine rings is 1. The van der Waals surface area contributed by atoms with Crippen LogP contribution in [0.25, 0.3) is 0 Å². The van der Waals surface area contributed by atoms with Crippen molar-refractivity contribution < 1.29 is 9.53 Å². The summed E-state index contributed by atoms with van der Waals surface area (Å²) in [6.07, 6.45) is 0. The van der Waals surface area contributed by atoms with E-state index in [1.165, 1.54) is 6.07 Å². The quantitative estimate of drug-likeness (QED) is 0.922. The first-order chi connectivity index (χ1) is 12.1. The van der Waals surface area contributed by atoms with Crippen molar-refractivity contribution in [1.29, 1.82) is 0 Å². The van der Waals surface area contributed by atoms with Crippen molar-refractivity contribution in [2.75, 3.05) is 33.3 Å². The van der Waals surface area contributed by atoms with Crippen LogP contribution in [0.4, 0.5) is 0 Å². The summed E-state index contributed by atoms with van der Waals surface area (Å²) in [5.41, 5.74) is 1.24. The van der Waals surface area contributed by atoms with E-state index in [1.54, 1.807) is 24.1 Å². The lowest BCUT2D eigenvalue weighted by Crippen LogP contribution is -2.49. The number of hydrogen-bond acceptors (Lipinski definition) is 4. The molecule has 0 bridgehead atoms. The highest BCUT2D eigenvalue weighted by atomic mass is 16.5. The van der Waals surface area contributed by atoms with Crippen LogP contribution in [0.3, 0.4) is 0 Å². The number of aromatic nitrogens is 1. The minimum absolute atomic E-state index is 0.123. The Kier molecular flexibility index (Phi) is 5.19. The molecule has 1 saturated heterocycles. The van der Waals surface area contributed by atoms with Crippen molar-refractivity contribution >= 4 is 5.91 Å². The molecule has 132 valence electrons. The molecular weight excluding hydrogens is 318 g/mol. The number of carbonyl (C=O) groups is 1. The van der Waals surface area contributed by atoms with E-state index in [9.17, 15) is 9.59 Å². The Labute approximate surface area is 147 Å². The molecule has 1 aromatic carbocycles. The fraction of sp³-hybridized carbons (Fsp3) is 0.368. The number of amides is 1.